The van der Waals surface area contributed by atoms with Gasteiger partial charge in [-0.15, -0.1) is 0 Å². The maximum absolute atomic E-state index is 12.0. The maximum atomic E-state index is 12.0. The topological polar surface area (TPSA) is 56.1 Å². The highest BCUT2D eigenvalue weighted by Gasteiger charge is 2.11. The van der Waals surface area contributed by atoms with E-state index in [9.17, 15) is 4.79 Å². The molecule has 1 atom stereocenters. The molecule has 2 aromatic rings. The number of aromatic nitrogens is 2. The zero-order valence-corrected chi connectivity index (χ0v) is 13.4. The van der Waals surface area contributed by atoms with Crippen LogP contribution in [-0.4, -0.2) is 22.3 Å². The molecule has 1 aromatic heterocycles. The van der Waals surface area contributed by atoms with Gasteiger partial charge in [-0.3, -0.25) is 9.48 Å². The monoisotopic (exact) mass is 301 g/mol. The molecule has 1 aromatic carbocycles. The Hall–Kier alpha value is -2.30. The summed E-state index contributed by atoms with van der Waals surface area (Å²) in [6.45, 7) is 7.06. The number of carbonyl (C=O) groups is 1. The Labute approximate surface area is 131 Å². The summed E-state index contributed by atoms with van der Waals surface area (Å²) in [4.78, 5) is 12.0. The highest BCUT2D eigenvalue weighted by Crippen LogP contribution is 2.13. The first-order valence-corrected chi connectivity index (χ1v) is 7.58. The van der Waals surface area contributed by atoms with Crippen LogP contribution in [0.4, 0.5) is 0 Å². The lowest BCUT2D eigenvalue weighted by molar-refractivity contribution is -0.122. The molecule has 0 bridgehead atoms. The number of hydrogen-bond donors (Lipinski definition) is 1. The van der Waals surface area contributed by atoms with Crippen LogP contribution in [0.2, 0.25) is 0 Å². The van der Waals surface area contributed by atoms with Crippen LogP contribution in [0.1, 0.15) is 37.6 Å². The van der Waals surface area contributed by atoms with E-state index in [1.165, 1.54) is 0 Å². The second kappa shape index (κ2) is 7.64. The van der Waals surface area contributed by atoms with E-state index in [2.05, 4.69) is 10.4 Å². The second-order valence-corrected chi connectivity index (χ2v) is 5.34. The molecule has 0 saturated heterocycles. The number of aryl methyl sites for hydroxylation is 1. The molecule has 0 aliphatic heterocycles. The fraction of sp³-hybridized carbons (Fsp3) is 0.412. The average Bonchev–Trinajstić information content (AvgIpc) is 2.93. The van der Waals surface area contributed by atoms with Gasteiger partial charge >= 0.3 is 0 Å². The second-order valence-electron chi connectivity index (χ2n) is 5.34. The number of hydrogen-bond acceptors (Lipinski definition) is 3. The Morgan fingerprint density at radius 2 is 2.05 bits per heavy atom. The number of nitrogens with zero attached hydrogens (tertiary/aromatic N) is 2. The Kier molecular flexibility index (Phi) is 5.58. The van der Waals surface area contributed by atoms with E-state index in [-0.39, 0.29) is 11.9 Å². The third-order valence-corrected chi connectivity index (χ3v) is 3.40. The van der Waals surface area contributed by atoms with Crippen molar-refractivity contribution in [1.82, 2.24) is 15.1 Å². The summed E-state index contributed by atoms with van der Waals surface area (Å²) in [6, 6.07) is 9.75. The van der Waals surface area contributed by atoms with Gasteiger partial charge in [0.1, 0.15) is 5.75 Å². The van der Waals surface area contributed by atoms with E-state index >= 15 is 0 Å². The maximum Gasteiger partial charge on any atom is 0.222 e. The standard InChI is InChI=1S/C17H23N3O2/c1-4-22-16-7-5-15(6-8-16)12-18-17(21)11-14(3)20-10-9-13(2)19-20/h5-10,14H,4,11-12H2,1-3H3,(H,18,21)/t14-/m1/s1. The van der Waals surface area contributed by atoms with Crippen LogP contribution in [0.5, 0.6) is 5.75 Å². The molecule has 0 radical (unpaired) electrons. The Bertz CT molecular complexity index is 605. The largest absolute Gasteiger partial charge is 0.494 e. The molecule has 118 valence electrons. The van der Waals surface area contributed by atoms with Gasteiger partial charge in [-0.25, -0.2) is 0 Å². The summed E-state index contributed by atoms with van der Waals surface area (Å²) >= 11 is 0. The van der Waals surface area contributed by atoms with Gasteiger partial charge in [-0.05, 0) is 44.5 Å². The molecule has 0 spiro atoms. The van der Waals surface area contributed by atoms with E-state index in [1.807, 2.05) is 62.0 Å². The zero-order chi connectivity index (χ0) is 15.9. The first-order valence-electron chi connectivity index (χ1n) is 7.58. The van der Waals surface area contributed by atoms with E-state index in [1.54, 1.807) is 0 Å². The van der Waals surface area contributed by atoms with Crippen LogP contribution in [0.25, 0.3) is 0 Å². The van der Waals surface area contributed by atoms with Crippen molar-refractivity contribution in [3.05, 3.63) is 47.8 Å². The molecule has 5 heteroatoms. The van der Waals surface area contributed by atoms with Gasteiger partial charge in [-0.1, -0.05) is 12.1 Å². The Balaban J connectivity index is 1.79. The molecule has 1 amide bonds. The summed E-state index contributed by atoms with van der Waals surface area (Å²) in [5.74, 6) is 0.870. The summed E-state index contributed by atoms with van der Waals surface area (Å²) in [5.41, 5.74) is 2.01. The minimum absolute atomic E-state index is 0.0227. The van der Waals surface area contributed by atoms with Crippen molar-refractivity contribution in [2.45, 2.75) is 39.8 Å². The molecule has 0 unspecified atom stereocenters. The van der Waals surface area contributed by atoms with Crippen molar-refractivity contribution in [2.75, 3.05) is 6.61 Å². The molecule has 1 N–H and O–H groups in total. The van der Waals surface area contributed by atoms with Gasteiger partial charge < -0.3 is 10.1 Å². The van der Waals surface area contributed by atoms with Crippen molar-refractivity contribution >= 4 is 5.91 Å². The Morgan fingerprint density at radius 1 is 1.32 bits per heavy atom. The minimum Gasteiger partial charge on any atom is -0.494 e. The predicted octanol–water partition coefficient (Wildman–Crippen LogP) is 2.86. The summed E-state index contributed by atoms with van der Waals surface area (Å²) in [5, 5.41) is 7.27. The molecule has 0 aliphatic carbocycles. The molecular formula is C17H23N3O2. The van der Waals surface area contributed by atoms with Crippen LogP contribution in [-0.2, 0) is 11.3 Å². The molecule has 22 heavy (non-hydrogen) atoms. The quantitative estimate of drug-likeness (QED) is 0.855. The molecule has 0 saturated carbocycles. The molecule has 2 rings (SSSR count). The normalized spacial score (nSPS) is 12.0. The van der Waals surface area contributed by atoms with E-state index < -0.39 is 0 Å². The zero-order valence-electron chi connectivity index (χ0n) is 13.4. The van der Waals surface area contributed by atoms with Crippen LogP contribution in [0, 0.1) is 6.92 Å². The van der Waals surface area contributed by atoms with E-state index in [0.29, 0.717) is 19.6 Å². The van der Waals surface area contributed by atoms with Crippen molar-refractivity contribution in [3.63, 3.8) is 0 Å². The molecule has 1 heterocycles. The number of nitrogens with one attached hydrogen (secondary N) is 1. The minimum atomic E-state index is 0.0227. The fourth-order valence-electron chi connectivity index (χ4n) is 2.18. The van der Waals surface area contributed by atoms with E-state index in [0.717, 1.165) is 17.0 Å². The van der Waals surface area contributed by atoms with Gasteiger partial charge in [0.25, 0.3) is 0 Å². The molecule has 5 nitrogen and oxygen atoms in total. The molecule has 0 aliphatic rings. The van der Waals surface area contributed by atoms with Gasteiger partial charge in [0, 0.05) is 19.2 Å². The third kappa shape index (κ3) is 4.62. The van der Waals surface area contributed by atoms with Crippen LogP contribution in [0.3, 0.4) is 0 Å². The Morgan fingerprint density at radius 3 is 2.64 bits per heavy atom. The number of ether oxygens (including phenoxy) is 1. The van der Waals surface area contributed by atoms with Gasteiger partial charge in [-0.2, -0.15) is 5.10 Å². The van der Waals surface area contributed by atoms with Crippen LogP contribution in [0.15, 0.2) is 36.5 Å². The fourth-order valence-corrected chi connectivity index (χ4v) is 2.18. The first-order chi connectivity index (χ1) is 10.6. The van der Waals surface area contributed by atoms with Crippen molar-refractivity contribution in [2.24, 2.45) is 0 Å². The number of benzene rings is 1. The van der Waals surface area contributed by atoms with Gasteiger partial charge in [0.15, 0.2) is 0 Å². The summed E-state index contributed by atoms with van der Waals surface area (Å²) < 4.78 is 7.22. The predicted molar refractivity (Wildman–Crippen MR) is 85.7 cm³/mol. The summed E-state index contributed by atoms with van der Waals surface area (Å²) in [7, 11) is 0. The van der Waals surface area contributed by atoms with Crippen LogP contribution >= 0.6 is 0 Å². The lowest BCUT2D eigenvalue weighted by atomic mass is 10.2. The van der Waals surface area contributed by atoms with Gasteiger partial charge in [0.2, 0.25) is 5.91 Å². The number of amides is 1. The van der Waals surface area contributed by atoms with Crippen LogP contribution < -0.4 is 10.1 Å². The lowest BCUT2D eigenvalue weighted by Gasteiger charge is -2.12. The highest BCUT2D eigenvalue weighted by atomic mass is 16.5. The smallest absolute Gasteiger partial charge is 0.222 e. The van der Waals surface area contributed by atoms with Gasteiger partial charge in [0.05, 0.1) is 18.3 Å². The number of rotatable bonds is 7. The summed E-state index contributed by atoms with van der Waals surface area (Å²) in [6.07, 6.45) is 2.32. The molecule has 0 fully saturated rings. The molecular weight excluding hydrogens is 278 g/mol. The lowest BCUT2D eigenvalue weighted by Crippen LogP contribution is -2.25. The van der Waals surface area contributed by atoms with E-state index in [4.69, 9.17) is 4.74 Å². The average molecular weight is 301 g/mol. The van der Waals surface area contributed by atoms with Crippen molar-refractivity contribution in [3.8, 4) is 5.75 Å². The van der Waals surface area contributed by atoms with Crippen molar-refractivity contribution < 1.29 is 9.53 Å². The van der Waals surface area contributed by atoms with Crippen molar-refractivity contribution in [1.29, 1.82) is 0 Å². The number of carbonyl (C=O) groups excluding carboxylic acids is 1. The first kappa shape index (κ1) is 16.1. The SMILES string of the molecule is CCOc1ccc(CNC(=O)C[C@@H](C)n2ccc(C)n2)cc1. The third-order valence-electron chi connectivity index (χ3n) is 3.40. The highest BCUT2D eigenvalue weighted by molar-refractivity contribution is 5.76.